The monoisotopic (exact) mass is 556 g/mol. The van der Waals surface area contributed by atoms with Crippen LogP contribution in [-0.2, 0) is 4.74 Å². The lowest BCUT2D eigenvalue weighted by atomic mass is 10.1. The van der Waals surface area contributed by atoms with Crippen molar-refractivity contribution in [1.82, 2.24) is 15.2 Å². The number of anilines is 4. The largest absolute Gasteiger partial charge is 0.464 e. The van der Waals surface area contributed by atoms with E-state index in [0.29, 0.717) is 37.9 Å². The molecule has 0 spiro atoms. The Morgan fingerprint density at radius 3 is 2.26 bits per heavy atom. The molecule has 0 saturated heterocycles. The maximum atomic E-state index is 13.4. The lowest BCUT2D eigenvalue weighted by Gasteiger charge is -2.14. The van der Waals surface area contributed by atoms with Gasteiger partial charge in [-0.15, -0.1) is 10.2 Å². The van der Waals surface area contributed by atoms with Crippen LogP contribution in [0.4, 0.5) is 26.7 Å². The first-order valence-corrected chi connectivity index (χ1v) is 12.9. The van der Waals surface area contributed by atoms with Crippen LogP contribution in [0.1, 0.15) is 10.5 Å². The van der Waals surface area contributed by atoms with Gasteiger partial charge in [0.05, 0.1) is 29.1 Å². The van der Waals surface area contributed by atoms with Crippen molar-refractivity contribution < 1.29 is 13.9 Å². The van der Waals surface area contributed by atoms with E-state index in [1.165, 1.54) is 30.6 Å². The summed E-state index contributed by atoms with van der Waals surface area (Å²) in [6.45, 7) is 0. The van der Waals surface area contributed by atoms with Crippen LogP contribution in [0.2, 0.25) is 0 Å². The first kappa shape index (κ1) is 25.9. The Kier molecular flexibility index (Phi) is 7.80. The second-order valence-electron chi connectivity index (χ2n) is 8.11. The predicted octanol–water partition coefficient (Wildman–Crippen LogP) is 6.75. The summed E-state index contributed by atoms with van der Waals surface area (Å²) in [4.78, 5) is 17.4. The number of nitrogens with zero attached hydrogens (tertiary/aromatic N) is 3. The molecule has 0 amide bonds. The second-order valence-corrected chi connectivity index (χ2v) is 9.52. The molecule has 0 radical (unpaired) electrons. The Hall–Kier alpha value is -4.74. The Labute approximate surface area is 232 Å². The van der Waals surface area contributed by atoms with Gasteiger partial charge in [0.25, 0.3) is 0 Å². The number of aromatic nitrogens is 3. The number of carbonyl (C=O) groups is 1. The van der Waals surface area contributed by atoms with Gasteiger partial charge in [0.2, 0.25) is 0 Å². The van der Waals surface area contributed by atoms with Crippen molar-refractivity contribution in [3.63, 3.8) is 0 Å². The topological polar surface area (TPSA) is 101 Å². The van der Waals surface area contributed by atoms with Crippen molar-refractivity contribution >= 4 is 57.0 Å². The molecule has 0 aliphatic carbocycles. The first-order valence-electron chi connectivity index (χ1n) is 11.7. The lowest BCUT2D eigenvalue weighted by molar-refractivity contribution is 0.0596. The summed E-state index contributed by atoms with van der Waals surface area (Å²) >= 11 is 6.74. The lowest BCUT2D eigenvalue weighted by Crippen LogP contribution is -2.20. The van der Waals surface area contributed by atoms with E-state index in [1.54, 1.807) is 18.2 Å². The number of rotatable bonds is 7. The number of halogens is 1. The summed E-state index contributed by atoms with van der Waals surface area (Å²) in [5.74, 6) is -0.469. The van der Waals surface area contributed by atoms with Crippen LogP contribution in [0.3, 0.4) is 0 Å². The van der Waals surface area contributed by atoms with Crippen molar-refractivity contribution in [2.75, 3.05) is 23.1 Å². The molecule has 0 aliphatic rings. The molecule has 0 aliphatic heterocycles. The van der Waals surface area contributed by atoms with Gasteiger partial charge in [-0.05, 0) is 54.2 Å². The molecule has 5 aromatic rings. The summed E-state index contributed by atoms with van der Waals surface area (Å²) in [5.41, 5.74) is 3.85. The zero-order valence-corrected chi connectivity index (χ0v) is 22.1. The summed E-state index contributed by atoms with van der Waals surface area (Å²) in [6, 6.07) is 26.7. The van der Waals surface area contributed by atoms with Crippen LogP contribution in [0.15, 0.2) is 91.0 Å². The fourth-order valence-electron chi connectivity index (χ4n) is 3.65. The fraction of sp³-hybridized carbons (Fsp3) is 0.0357. The Balaban J connectivity index is 1.32. The number of methoxy groups -OCH3 is 1. The van der Waals surface area contributed by atoms with Crippen molar-refractivity contribution in [2.45, 2.75) is 0 Å². The quantitative estimate of drug-likeness (QED) is 0.148. The van der Waals surface area contributed by atoms with Gasteiger partial charge in [-0.25, -0.2) is 14.2 Å². The molecule has 2 heterocycles. The fourth-order valence-corrected chi connectivity index (χ4v) is 4.84. The highest BCUT2D eigenvalue weighted by Gasteiger charge is 2.21. The minimum Gasteiger partial charge on any atom is -0.464 e. The molecule has 0 fully saturated rings. The van der Waals surface area contributed by atoms with E-state index in [-0.39, 0.29) is 11.5 Å². The molecule has 0 saturated carbocycles. The van der Waals surface area contributed by atoms with Crippen molar-refractivity contribution in [2.24, 2.45) is 0 Å². The number of thiazole rings is 1. The molecule has 0 unspecified atom stereocenters. The van der Waals surface area contributed by atoms with E-state index in [2.05, 4.69) is 31.1 Å². The maximum Gasteiger partial charge on any atom is 0.358 e. The van der Waals surface area contributed by atoms with E-state index in [9.17, 15) is 9.18 Å². The van der Waals surface area contributed by atoms with Gasteiger partial charge in [-0.3, -0.25) is 0 Å². The van der Waals surface area contributed by atoms with Gasteiger partial charge in [0.1, 0.15) is 5.82 Å². The van der Waals surface area contributed by atoms with Crippen LogP contribution >= 0.6 is 23.6 Å². The Bertz CT molecular complexity index is 1610. The number of ether oxygens (including phenoxy) is 1. The van der Waals surface area contributed by atoms with E-state index < -0.39 is 5.97 Å². The third-order valence-electron chi connectivity index (χ3n) is 5.50. The zero-order chi connectivity index (χ0) is 27.2. The molecule has 39 heavy (non-hydrogen) atoms. The average molecular weight is 557 g/mol. The van der Waals surface area contributed by atoms with Gasteiger partial charge >= 0.3 is 5.97 Å². The van der Waals surface area contributed by atoms with E-state index in [0.717, 1.165) is 11.3 Å². The van der Waals surface area contributed by atoms with Crippen molar-refractivity contribution in [3.05, 3.63) is 103 Å². The standard InChI is InChI=1S/C28H21FN6O2S2/c1-37-26(36)24-25(18-11-13-19(29)14-12-18)39-28(33-24)31-22-10-6-5-9-21(22)30-27(38)32-23-16-15-20(34-35-23)17-7-3-2-4-8-17/h2-16H,1H3,(H,31,33)(H2,30,32,35,38). The molecule has 5 rings (SSSR count). The van der Waals surface area contributed by atoms with Gasteiger partial charge in [0, 0.05) is 5.56 Å². The summed E-state index contributed by atoms with van der Waals surface area (Å²) in [6.07, 6.45) is 0. The van der Waals surface area contributed by atoms with Crippen molar-refractivity contribution in [3.8, 4) is 21.7 Å². The van der Waals surface area contributed by atoms with E-state index in [4.69, 9.17) is 17.0 Å². The molecule has 0 atom stereocenters. The number of para-hydroxylation sites is 2. The number of hydrogen-bond donors (Lipinski definition) is 3. The summed E-state index contributed by atoms with van der Waals surface area (Å²) in [7, 11) is 1.29. The van der Waals surface area contributed by atoms with Crippen LogP contribution in [-0.4, -0.2) is 33.4 Å². The van der Waals surface area contributed by atoms with E-state index in [1.807, 2.05) is 60.7 Å². The highest BCUT2D eigenvalue weighted by atomic mass is 32.1. The molecular formula is C28H21FN6O2S2. The van der Waals surface area contributed by atoms with Crippen LogP contribution in [0.25, 0.3) is 21.7 Å². The second kappa shape index (κ2) is 11.8. The normalized spacial score (nSPS) is 10.5. The third-order valence-corrected chi connectivity index (χ3v) is 6.73. The van der Waals surface area contributed by atoms with Crippen LogP contribution < -0.4 is 16.0 Å². The zero-order valence-electron chi connectivity index (χ0n) is 20.5. The first-order chi connectivity index (χ1) is 19.0. The summed E-state index contributed by atoms with van der Waals surface area (Å²) in [5, 5.41) is 18.7. The Morgan fingerprint density at radius 2 is 1.56 bits per heavy atom. The number of thiocarbonyl (C=S) groups is 1. The minimum atomic E-state index is -0.588. The molecule has 11 heteroatoms. The van der Waals surface area contributed by atoms with Gasteiger partial charge in [-0.1, -0.05) is 65.9 Å². The smallest absolute Gasteiger partial charge is 0.358 e. The SMILES string of the molecule is COC(=O)c1nc(Nc2ccccc2NC(=S)Nc2ccc(-c3ccccc3)nn2)sc1-c1ccc(F)cc1. The highest BCUT2D eigenvalue weighted by Crippen LogP contribution is 2.36. The molecule has 3 aromatic carbocycles. The Morgan fingerprint density at radius 1 is 0.846 bits per heavy atom. The van der Waals surface area contributed by atoms with Gasteiger partial charge in [0.15, 0.2) is 21.8 Å². The number of nitrogens with one attached hydrogen (secondary N) is 3. The van der Waals surface area contributed by atoms with Crippen LogP contribution in [0, 0.1) is 5.82 Å². The number of hydrogen-bond acceptors (Lipinski definition) is 8. The molecule has 3 N–H and O–H groups in total. The molecular weight excluding hydrogens is 535 g/mol. The van der Waals surface area contributed by atoms with Gasteiger partial charge in [-0.2, -0.15) is 0 Å². The molecule has 8 nitrogen and oxygen atoms in total. The van der Waals surface area contributed by atoms with E-state index >= 15 is 0 Å². The molecule has 0 bridgehead atoms. The highest BCUT2D eigenvalue weighted by molar-refractivity contribution is 7.80. The third kappa shape index (κ3) is 6.22. The molecule has 2 aromatic heterocycles. The van der Waals surface area contributed by atoms with Crippen LogP contribution in [0.5, 0.6) is 0 Å². The maximum absolute atomic E-state index is 13.4. The van der Waals surface area contributed by atoms with Crippen molar-refractivity contribution in [1.29, 1.82) is 0 Å². The molecule has 194 valence electrons. The minimum absolute atomic E-state index is 0.136. The number of carbonyl (C=O) groups excluding carboxylic acids is 1. The predicted molar refractivity (Wildman–Crippen MR) is 156 cm³/mol. The number of benzene rings is 3. The summed E-state index contributed by atoms with van der Waals surface area (Å²) < 4.78 is 18.4. The van der Waals surface area contributed by atoms with Gasteiger partial charge < -0.3 is 20.7 Å². The number of esters is 1. The average Bonchev–Trinajstić information content (AvgIpc) is 3.38.